The molecule has 0 aliphatic heterocycles. The maximum atomic E-state index is 11.1. The lowest BCUT2D eigenvalue weighted by Gasteiger charge is -2.15. The second-order valence-corrected chi connectivity index (χ2v) is 6.57. The van der Waals surface area contributed by atoms with Gasteiger partial charge in [0.25, 0.3) is 0 Å². The molecule has 0 spiro atoms. The van der Waals surface area contributed by atoms with Crippen LogP contribution in [-0.2, 0) is 9.84 Å². The first-order valence-corrected chi connectivity index (χ1v) is 7.37. The predicted octanol–water partition coefficient (Wildman–Crippen LogP) is 1.74. The van der Waals surface area contributed by atoms with Crippen molar-refractivity contribution in [2.75, 3.05) is 12.0 Å². The maximum absolute atomic E-state index is 11.1. The lowest BCUT2D eigenvalue weighted by atomic mass is 9.97. The van der Waals surface area contributed by atoms with Crippen LogP contribution in [-0.4, -0.2) is 20.4 Å². The van der Waals surface area contributed by atoms with Gasteiger partial charge in [-0.2, -0.15) is 0 Å². The van der Waals surface area contributed by atoms with Crippen molar-refractivity contribution >= 4 is 9.84 Å². The van der Waals surface area contributed by atoms with Crippen molar-refractivity contribution in [2.24, 2.45) is 5.73 Å². The van der Waals surface area contributed by atoms with E-state index in [9.17, 15) is 8.42 Å². The van der Waals surface area contributed by atoms with Crippen LogP contribution in [0.2, 0.25) is 0 Å². The topological polar surface area (TPSA) is 60.2 Å². The number of aryl methyl sites for hydroxylation is 1. The normalized spacial score (nSPS) is 13.8. The van der Waals surface area contributed by atoms with E-state index in [1.54, 1.807) is 0 Å². The molecule has 1 aromatic rings. The Kier molecular flexibility index (Phi) is 4.10. The lowest BCUT2D eigenvalue weighted by Crippen LogP contribution is -2.16. The fourth-order valence-corrected chi connectivity index (χ4v) is 2.35. The molecule has 3 nitrogen and oxygen atoms in total. The fourth-order valence-electron chi connectivity index (χ4n) is 1.67. The number of sulfone groups is 1. The molecule has 0 saturated carbocycles. The summed E-state index contributed by atoms with van der Waals surface area (Å²) in [5, 5.41) is 0. The molecule has 16 heavy (non-hydrogen) atoms. The van der Waals surface area contributed by atoms with Crippen molar-refractivity contribution in [1.82, 2.24) is 0 Å². The van der Waals surface area contributed by atoms with Gasteiger partial charge in [0.2, 0.25) is 0 Å². The SMILES string of the molecule is Cc1cccc(C(N)CCS(C)(=O)=O)c1C. The fraction of sp³-hybridized carbons (Fsp3) is 0.500. The number of rotatable bonds is 4. The van der Waals surface area contributed by atoms with Crippen LogP contribution in [0.1, 0.15) is 29.2 Å². The molecule has 2 N–H and O–H groups in total. The minimum absolute atomic E-state index is 0.140. The Hall–Kier alpha value is -0.870. The number of hydrogen-bond donors (Lipinski definition) is 1. The summed E-state index contributed by atoms with van der Waals surface area (Å²) < 4.78 is 22.1. The van der Waals surface area contributed by atoms with Crippen molar-refractivity contribution in [1.29, 1.82) is 0 Å². The monoisotopic (exact) mass is 241 g/mol. The highest BCUT2D eigenvalue weighted by Crippen LogP contribution is 2.21. The molecular weight excluding hydrogens is 222 g/mol. The standard InChI is InChI=1S/C12H19NO2S/c1-9-5-4-6-11(10(9)2)12(13)7-8-16(3,14)15/h4-6,12H,7-8,13H2,1-3H3. The summed E-state index contributed by atoms with van der Waals surface area (Å²) in [6, 6.07) is 5.75. The van der Waals surface area contributed by atoms with Crippen molar-refractivity contribution in [3.8, 4) is 0 Å². The zero-order chi connectivity index (χ0) is 12.3. The van der Waals surface area contributed by atoms with Crippen molar-refractivity contribution in [3.63, 3.8) is 0 Å². The largest absolute Gasteiger partial charge is 0.324 e. The Labute approximate surface area is 97.6 Å². The molecule has 0 saturated heterocycles. The van der Waals surface area contributed by atoms with Crippen LogP contribution in [0, 0.1) is 13.8 Å². The van der Waals surface area contributed by atoms with Crippen LogP contribution >= 0.6 is 0 Å². The van der Waals surface area contributed by atoms with Gasteiger partial charge in [-0.3, -0.25) is 0 Å². The van der Waals surface area contributed by atoms with Gasteiger partial charge >= 0.3 is 0 Å². The van der Waals surface area contributed by atoms with Crippen LogP contribution in [0.4, 0.5) is 0 Å². The van der Waals surface area contributed by atoms with Gasteiger partial charge in [0.05, 0.1) is 5.75 Å². The van der Waals surface area contributed by atoms with E-state index in [0.29, 0.717) is 6.42 Å². The Morgan fingerprint density at radius 3 is 2.50 bits per heavy atom. The van der Waals surface area contributed by atoms with Crippen LogP contribution in [0.5, 0.6) is 0 Å². The van der Waals surface area contributed by atoms with E-state index in [-0.39, 0.29) is 11.8 Å². The molecule has 0 fully saturated rings. The third-order valence-corrected chi connectivity index (χ3v) is 3.82. The Bertz CT molecular complexity index is 466. The van der Waals surface area contributed by atoms with E-state index in [4.69, 9.17) is 5.73 Å². The van der Waals surface area contributed by atoms with Crippen LogP contribution in [0.3, 0.4) is 0 Å². The van der Waals surface area contributed by atoms with E-state index in [2.05, 4.69) is 0 Å². The molecule has 0 aliphatic carbocycles. The van der Waals surface area contributed by atoms with Gasteiger partial charge in [-0.05, 0) is 37.0 Å². The highest BCUT2D eigenvalue weighted by Gasteiger charge is 2.12. The lowest BCUT2D eigenvalue weighted by molar-refractivity contribution is 0.591. The van der Waals surface area contributed by atoms with Gasteiger partial charge < -0.3 is 5.73 Å². The van der Waals surface area contributed by atoms with Gasteiger partial charge in [0.1, 0.15) is 9.84 Å². The molecule has 0 bridgehead atoms. The van der Waals surface area contributed by atoms with Crippen molar-refractivity contribution < 1.29 is 8.42 Å². The first-order valence-electron chi connectivity index (χ1n) is 5.30. The molecule has 1 unspecified atom stereocenters. The summed E-state index contributed by atoms with van der Waals surface area (Å²) in [6.07, 6.45) is 1.71. The minimum atomic E-state index is -2.93. The Morgan fingerprint density at radius 1 is 1.31 bits per heavy atom. The molecule has 0 heterocycles. The highest BCUT2D eigenvalue weighted by atomic mass is 32.2. The van der Waals surface area contributed by atoms with E-state index in [1.165, 1.54) is 11.8 Å². The van der Waals surface area contributed by atoms with Gasteiger partial charge in [-0.25, -0.2) is 8.42 Å². The maximum Gasteiger partial charge on any atom is 0.147 e. The number of benzene rings is 1. The number of nitrogens with two attached hydrogens (primary N) is 1. The summed E-state index contributed by atoms with van der Waals surface area (Å²) in [5.74, 6) is 0.140. The molecule has 1 aromatic carbocycles. The van der Waals surface area contributed by atoms with E-state index in [1.807, 2.05) is 32.0 Å². The summed E-state index contributed by atoms with van der Waals surface area (Å²) in [4.78, 5) is 0. The molecule has 0 aromatic heterocycles. The predicted molar refractivity (Wildman–Crippen MR) is 67.2 cm³/mol. The van der Waals surface area contributed by atoms with E-state index < -0.39 is 9.84 Å². The molecular formula is C12H19NO2S. The van der Waals surface area contributed by atoms with Crippen LogP contribution in [0.15, 0.2) is 18.2 Å². The summed E-state index contributed by atoms with van der Waals surface area (Å²) in [6.45, 7) is 4.05. The molecule has 0 aliphatic rings. The van der Waals surface area contributed by atoms with Gasteiger partial charge in [0, 0.05) is 12.3 Å². The summed E-state index contributed by atoms with van der Waals surface area (Å²) in [5.41, 5.74) is 9.40. The van der Waals surface area contributed by atoms with Crippen molar-refractivity contribution in [2.45, 2.75) is 26.3 Å². The highest BCUT2D eigenvalue weighted by molar-refractivity contribution is 7.90. The van der Waals surface area contributed by atoms with Gasteiger partial charge in [-0.15, -0.1) is 0 Å². The average molecular weight is 241 g/mol. The zero-order valence-corrected chi connectivity index (χ0v) is 10.8. The van der Waals surface area contributed by atoms with Crippen LogP contribution in [0.25, 0.3) is 0 Å². The van der Waals surface area contributed by atoms with Crippen molar-refractivity contribution in [3.05, 3.63) is 34.9 Å². The number of hydrogen-bond acceptors (Lipinski definition) is 3. The summed E-state index contributed by atoms with van der Waals surface area (Å²) in [7, 11) is -2.93. The Morgan fingerprint density at radius 2 is 1.94 bits per heavy atom. The molecule has 90 valence electrons. The second-order valence-electron chi connectivity index (χ2n) is 4.31. The van der Waals surface area contributed by atoms with Crippen LogP contribution < -0.4 is 5.73 Å². The van der Waals surface area contributed by atoms with Gasteiger partial charge in [0.15, 0.2) is 0 Å². The summed E-state index contributed by atoms with van der Waals surface area (Å²) >= 11 is 0. The quantitative estimate of drug-likeness (QED) is 0.873. The smallest absolute Gasteiger partial charge is 0.147 e. The minimum Gasteiger partial charge on any atom is -0.324 e. The third kappa shape index (κ3) is 3.61. The Balaban J connectivity index is 2.81. The first kappa shape index (κ1) is 13.2. The molecule has 1 atom stereocenters. The average Bonchev–Trinajstić information content (AvgIpc) is 2.17. The molecule has 0 amide bonds. The zero-order valence-electron chi connectivity index (χ0n) is 10.0. The van der Waals surface area contributed by atoms with Gasteiger partial charge in [-0.1, -0.05) is 18.2 Å². The molecule has 0 radical (unpaired) electrons. The molecule has 1 rings (SSSR count). The van der Waals surface area contributed by atoms with E-state index in [0.717, 1.165) is 11.1 Å². The first-order chi connectivity index (χ1) is 7.31. The molecule has 4 heteroatoms. The van der Waals surface area contributed by atoms with E-state index >= 15 is 0 Å². The second kappa shape index (κ2) is 4.97. The third-order valence-electron chi connectivity index (χ3n) is 2.85.